The van der Waals surface area contributed by atoms with Crippen molar-refractivity contribution in [2.45, 2.75) is 19.3 Å². The topological polar surface area (TPSA) is 17.3 Å². The monoisotopic (exact) mass is 612 g/mol. The van der Waals surface area contributed by atoms with Crippen LogP contribution in [0, 0.1) is 0 Å². The molecule has 0 fully saturated rings. The summed E-state index contributed by atoms with van der Waals surface area (Å²) in [6.45, 7) is 4.69. The zero-order valence-electron chi connectivity index (χ0n) is 26.9. The molecule has 0 spiro atoms. The third-order valence-electron chi connectivity index (χ3n) is 10.6. The molecule has 3 aromatic heterocycles. The molecular formula is C46H32N2. The molecule has 9 aromatic rings. The van der Waals surface area contributed by atoms with E-state index in [1.54, 1.807) is 0 Å². The quantitative estimate of drug-likeness (QED) is 0.193. The molecule has 0 bridgehead atoms. The fourth-order valence-electron chi connectivity index (χ4n) is 8.13. The van der Waals surface area contributed by atoms with Crippen LogP contribution in [0.25, 0.3) is 83.2 Å². The van der Waals surface area contributed by atoms with Crippen molar-refractivity contribution in [3.8, 4) is 55.8 Å². The largest absolute Gasteiger partial charge is 0.292 e. The third-order valence-corrected chi connectivity index (χ3v) is 10.6. The van der Waals surface area contributed by atoms with Gasteiger partial charge in [-0.3, -0.25) is 4.40 Å². The van der Waals surface area contributed by atoms with Gasteiger partial charge in [0.25, 0.3) is 0 Å². The first-order valence-corrected chi connectivity index (χ1v) is 16.7. The molecule has 226 valence electrons. The lowest BCUT2D eigenvalue weighted by molar-refractivity contribution is 0.660. The predicted molar refractivity (Wildman–Crippen MR) is 201 cm³/mol. The highest BCUT2D eigenvalue weighted by atomic mass is 15.0. The van der Waals surface area contributed by atoms with Crippen molar-refractivity contribution in [3.63, 3.8) is 0 Å². The number of nitrogens with zero attached hydrogens (tertiary/aromatic N) is 2. The maximum absolute atomic E-state index is 5.08. The third kappa shape index (κ3) is 3.90. The molecule has 6 aromatic carbocycles. The molecule has 0 aliphatic heterocycles. The van der Waals surface area contributed by atoms with Gasteiger partial charge in [-0.1, -0.05) is 135 Å². The molecule has 3 heterocycles. The summed E-state index contributed by atoms with van der Waals surface area (Å²) >= 11 is 0. The average molecular weight is 613 g/mol. The van der Waals surface area contributed by atoms with E-state index in [-0.39, 0.29) is 5.41 Å². The van der Waals surface area contributed by atoms with Crippen LogP contribution < -0.4 is 0 Å². The maximum Gasteiger partial charge on any atom is 0.138 e. The van der Waals surface area contributed by atoms with Crippen LogP contribution in [0.2, 0.25) is 0 Å². The fourth-order valence-corrected chi connectivity index (χ4v) is 8.13. The second-order valence-electron chi connectivity index (χ2n) is 13.6. The Bertz CT molecular complexity index is 2690. The average Bonchev–Trinajstić information content (AvgIpc) is 3.77. The van der Waals surface area contributed by atoms with Gasteiger partial charge in [0, 0.05) is 21.8 Å². The summed E-state index contributed by atoms with van der Waals surface area (Å²) < 4.78 is 2.32. The van der Waals surface area contributed by atoms with Crippen LogP contribution in [-0.4, -0.2) is 9.38 Å². The number of imidazole rings is 1. The Hall–Kier alpha value is -5.99. The number of hydrogen-bond donors (Lipinski definition) is 0. The van der Waals surface area contributed by atoms with Crippen LogP contribution in [0.5, 0.6) is 0 Å². The standard InChI is InChI=1S/C46H32N2/c1-46(2)40-18-7-6-17-36(40)37-23-21-35(28-41(37)46)33-16-9-14-31(26-33)30-13-8-15-32(25-30)34-22-24-38-39(27-34)45-44(29-11-4-3-5-12-29)47-43-20-10-19-42(38)48(43)45/h3-28H,1-2H3. The number of benzene rings is 6. The summed E-state index contributed by atoms with van der Waals surface area (Å²) in [6.07, 6.45) is 0. The number of pyridine rings is 1. The van der Waals surface area contributed by atoms with E-state index in [9.17, 15) is 0 Å². The van der Waals surface area contributed by atoms with E-state index >= 15 is 0 Å². The second kappa shape index (κ2) is 10.0. The summed E-state index contributed by atoms with van der Waals surface area (Å²) in [6, 6.07) is 57.6. The van der Waals surface area contributed by atoms with Gasteiger partial charge in [-0.2, -0.15) is 0 Å². The van der Waals surface area contributed by atoms with Gasteiger partial charge in [0.15, 0.2) is 0 Å². The molecule has 1 aliphatic rings. The van der Waals surface area contributed by atoms with Crippen molar-refractivity contribution in [2.75, 3.05) is 0 Å². The molecular weight excluding hydrogens is 581 g/mol. The van der Waals surface area contributed by atoms with Gasteiger partial charge in [0.05, 0.1) is 16.7 Å². The van der Waals surface area contributed by atoms with Gasteiger partial charge < -0.3 is 0 Å². The molecule has 1 aliphatic carbocycles. The van der Waals surface area contributed by atoms with Gasteiger partial charge in [-0.05, 0) is 92.0 Å². The van der Waals surface area contributed by atoms with E-state index in [1.165, 1.54) is 77.4 Å². The van der Waals surface area contributed by atoms with Crippen LogP contribution in [0.4, 0.5) is 0 Å². The van der Waals surface area contributed by atoms with E-state index in [4.69, 9.17) is 4.98 Å². The Kier molecular flexibility index (Phi) is 5.66. The fraction of sp³-hybridized carbons (Fsp3) is 0.0652. The maximum atomic E-state index is 5.08. The molecule has 2 nitrogen and oxygen atoms in total. The van der Waals surface area contributed by atoms with Crippen LogP contribution in [0.3, 0.4) is 0 Å². The summed E-state index contributed by atoms with van der Waals surface area (Å²) in [4.78, 5) is 5.08. The molecule has 0 unspecified atom stereocenters. The van der Waals surface area contributed by atoms with Crippen LogP contribution >= 0.6 is 0 Å². The molecule has 0 N–H and O–H groups in total. The lowest BCUT2D eigenvalue weighted by atomic mass is 9.81. The summed E-state index contributed by atoms with van der Waals surface area (Å²) in [7, 11) is 0. The Balaban J connectivity index is 1.06. The number of aromatic nitrogens is 2. The Morgan fingerprint density at radius 2 is 1.02 bits per heavy atom. The van der Waals surface area contributed by atoms with E-state index in [2.05, 4.69) is 176 Å². The van der Waals surface area contributed by atoms with Crippen molar-refractivity contribution < 1.29 is 0 Å². The van der Waals surface area contributed by atoms with Gasteiger partial charge in [-0.15, -0.1) is 0 Å². The van der Waals surface area contributed by atoms with E-state index < -0.39 is 0 Å². The first-order valence-electron chi connectivity index (χ1n) is 16.7. The van der Waals surface area contributed by atoms with Crippen molar-refractivity contribution in [2.24, 2.45) is 0 Å². The smallest absolute Gasteiger partial charge is 0.138 e. The Morgan fingerprint density at radius 3 is 1.77 bits per heavy atom. The van der Waals surface area contributed by atoms with E-state index in [1.807, 2.05) is 0 Å². The number of fused-ring (bicyclic) bond motifs is 6. The molecule has 0 atom stereocenters. The van der Waals surface area contributed by atoms with Crippen molar-refractivity contribution in [1.82, 2.24) is 9.38 Å². The normalized spacial score (nSPS) is 13.4. The molecule has 48 heavy (non-hydrogen) atoms. The van der Waals surface area contributed by atoms with Crippen molar-refractivity contribution in [3.05, 3.63) is 169 Å². The van der Waals surface area contributed by atoms with E-state index in [0.717, 1.165) is 16.9 Å². The first kappa shape index (κ1) is 27.2. The van der Waals surface area contributed by atoms with Crippen LogP contribution in [0.15, 0.2) is 158 Å². The van der Waals surface area contributed by atoms with Gasteiger partial charge in [0.2, 0.25) is 0 Å². The van der Waals surface area contributed by atoms with Gasteiger partial charge >= 0.3 is 0 Å². The molecule has 2 heteroatoms. The lowest BCUT2D eigenvalue weighted by Crippen LogP contribution is -2.14. The highest BCUT2D eigenvalue weighted by Gasteiger charge is 2.35. The van der Waals surface area contributed by atoms with Gasteiger partial charge in [-0.25, -0.2) is 4.98 Å². The van der Waals surface area contributed by atoms with E-state index in [0.29, 0.717) is 0 Å². The van der Waals surface area contributed by atoms with Crippen molar-refractivity contribution in [1.29, 1.82) is 0 Å². The minimum absolute atomic E-state index is 0.0182. The second-order valence-corrected chi connectivity index (χ2v) is 13.6. The molecule has 0 saturated heterocycles. The molecule has 0 radical (unpaired) electrons. The molecule has 0 amide bonds. The van der Waals surface area contributed by atoms with Crippen LogP contribution in [-0.2, 0) is 5.41 Å². The van der Waals surface area contributed by atoms with Crippen LogP contribution in [0.1, 0.15) is 25.0 Å². The Labute approximate surface area is 279 Å². The summed E-state index contributed by atoms with van der Waals surface area (Å²) in [5.74, 6) is 0. The molecule has 0 saturated carbocycles. The van der Waals surface area contributed by atoms with Gasteiger partial charge in [0.1, 0.15) is 5.65 Å². The highest BCUT2D eigenvalue weighted by molar-refractivity contribution is 6.14. The summed E-state index contributed by atoms with van der Waals surface area (Å²) in [5, 5.41) is 2.48. The molecule has 10 rings (SSSR count). The van der Waals surface area contributed by atoms with Crippen molar-refractivity contribution >= 4 is 27.5 Å². The minimum atomic E-state index is -0.0182. The first-order chi connectivity index (χ1) is 23.5. The SMILES string of the molecule is CC1(C)c2ccccc2-c2ccc(-c3cccc(-c4cccc(-c5ccc6c(c5)c5c(-c7ccccc7)nc7cccc6n75)c4)c3)cc21. The number of hydrogen-bond acceptors (Lipinski definition) is 1. The lowest BCUT2D eigenvalue weighted by Gasteiger charge is -2.22. The summed E-state index contributed by atoms with van der Waals surface area (Å²) in [5.41, 5.74) is 18.4. The zero-order chi connectivity index (χ0) is 32.0. The minimum Gasteiger partial charge on any atom is -0.292 e. The highest BCUT2D eigenvalue weighted by Crippen LogP contribution is 2.49. The predicted octanol–water partition coefficient (Wildman–Crippen LogP) is 12.1. The zero-order valence-corrected chi connectivity index (χ0v) is 26.9. The number of rotatable bonds is 4. The Morgan fingerprint density at radius 1 is 0.438 bits per heavy atom.